The molecule has 0 atom stereocenters. The number of phenolic OH excluding ortho intramolecular Hbond substituents is 2. The first-order valence-electron chi connectivity index (χ1n) is 11.2. The molecule has 5 nitrogen and oxygen atoms in total. The zero-order valence-electron chi connectivity index (χ0n) is 19.6. The van der Waals surface area contributed by atoms with Gasteiger partial charge in [-0.15, -0.1) is 0 Å². The molecule has 5 aromatic rings. The zero-order chi connectivity index (χ0) is 24.0. The monoisotopic (exact) mass is 447 g/mol. The highest BCUT2D eigenvalue weighted by Gasteiger charge is 2.20. The summed E-state index contributed by atoms with van der Waals surface area (Å²) < 4.78 is 0. The van der Waals surface area contributed by atoms with E-state index in [0.717, 1.165) is 33.4 Å². The van der Waals surface area contributed by atoms with E-state index >= 15 is 0 Å². The van der Waals surface area contributed by atoms with Crippen LogP contribution >= 0.6 is 0 Å². The Hall–Kier alpha value is -4.25. The predicted octanol–water partition coefficient (Wildman–Crippen LogP) is 6.67. The van der Waals surface area contributed by atoms with E-state index in [0.29, 0.717) is 33.8 Å². The average molecular weight is 448 g/mol. The number of rotatable bonds is 3. The van der Waals surface area contributed by atoms with Crippen LogP contribution in [0.25, 0.3) is 44.9 Å². The van der Waals surface area contributed by atoms with Crippen LogP contribution in [0.3, 0.4) is 0 Å². The molecule has 1 aromatic heterocycles. The Morgan fingerprint density at radius 1 is 0.529 bits per heavy atom. The first-order chi connectivity index (χ1) is 16.3. The van der Waals surface area contributed by atoms with Crippen molar-refractivity contribution in [3.63, 3.8) is 0 Å². The molecule has 0 amide bonds. The topological polar surface area (TPSA) is 79.1 Å². The molecule has 0 aliphatic carbocycles. The zero-order valence-corrected chi connectivity index (χ0v) is 19.6. The Morgan fingerprint density at radius 3 is 1.56 bits per heavy atom. The van der Waals surface area contributed by atoms with Gasteiger partial charge in [-0.2, -0.15) is 0 Å². The SMILES string of the molecule is Cc1ccc(-c2nc(-c3ccc(C)cc3C)nc(-c3c(O)cc(O)c4ccccc34)n2)c(C)c1. The lowest BCUT2D eigenvalue weighted by molar-refractivity contribution is 0.456. The number of fused-ring (bicyclic) bond motifs is 1. The third-order valence-corrected chi connectivity index (χ3v) is 6.11. The standard InChI is InChI=1S/C29H25N3O2/c1-16-9-11-20(18(3)13-16)27-30-28(21-12-10-17(2)14-19(21)4)32-29(31-27)26-23-8-6-5-7-22(23)24(33)15-25(26)34/h5-15,33-34H,1-4H3. The van der Waals surface area contributed by atoms with Crippen molar-refractivity contribution in [2.75, 3.05) is 0 Å². The van der Waals surface area contributed by atoms with Gasteiger partial charge in [-0.1, -0.05) is 71.8 Å². The Morgan fingerprint density at radius 2 is 1.03 bits per heavy atom. The van der Waals surface area contributed by atoms with Crippen molar-refractivity contribution in [3.8, 4) is 45.7 Å². The van der Waals surface area contributed by atoms with Gasteiger partial charge in [0.05, 0.1) is 5.56 Å². The maximum atomic E-state index is 10.9. The molecule has 0 fully saturated rings. The third kappa shape index (κ3) is 3.75. The average Bonchev–Trinajstić information content (AvgIpc) is 2.79. The minimum absolute atomic E-state index is 0.00936. The van der Waals surface area contributed by atoms with Crippen molar-refractivity contribution in [2.45, 2.75) is 27.7 Å². The van der Waals surface area contributed by atoms with Gasteiger partial charge in [-0.3, -0.25) is 0 Å². The summed E-state index contributed by atoms with van der Waals surface area (Å²) in [4.78, 5) is 14.5. The van der Waals surface area contributed by atoms with Gasteiger partial charge < -0.3 is 10.2 Å². The van der Waals surface area contributed by atoms with E-state index in [2.05, 4.69) is 26.0 Å². The third-order valence-electron chi connectivity index (χ3n) is 6.11. The van der Waals surface area contributed by atoms with E-state index in [-0.39, 0.29) is 11.5 Å². The molecule has 0 aliphatic rings. The van der Waals surface area contributed by atoms with Crippen molar-refractivity contribution in [2.24, 2.45) is 0 Å². The molecular formula is C29H25N3O2. The molecule has 2 N–H and O–H groups in total. The van der Waals surface area contributed by atoms with Gasteiger partial charge in [0.2, 0.25) is 0 Å². The quantitative estimate of drug-likeness (QED) is 0.323. The van der Waals surface area contributed by atoms with Crippen LogP contribution < -0.4 is 0 Å². The summed E-state index contributed by atoms with van der Waals surface area (Å²) in [6.45, 7) is 8.18. The van der Waals surface area contributed by atoms with E-state index in [1.807, 2.05) is 62.4 Å². The molecule has 0 saturated carbocycles. The summed E-state index contributed by atoms with van der Waals surface area (Å²) in [5.74, 6) is 1.35. The van der Waals surface area contributed by atoms with Crippen LogP contribution in [-0.2, 0) is 0 Å². The molecule has 168 valence electrons. The van der Waals surface area contributed by atoms with Gasteiger partial charge in [-0.25, -0.2) is 15.0 Å². The van der Waals surface area contributed by atoms with Crippen LogP contribution in [0.2, 0.25) is 0 Å². The molecule has 34 heavy (non-hydrogen) atoms. The van der Waals surface area contributed by atoms with Crippen molar-refractivity contribution in [3.05, 3.63) is 89.0 Å². The molecular weight excluding hydrogens is 422 g/mol. The first-order valence-corrected chi connectivity index (χ1v) is 11.2. The molecule has 5 heteroatoms. The van der Waals surface area contributed by atoms with Crippen LogP contribution in [-0.4, -0.2) is 25.2 Å². The Kier molecular flexibility index (Phi) is 5.25. The minimum atomic E-state index is -0.0828. The number of aryl methyl sites for hydroxylation is 4. The van der Waals surface area contributed by atoms with E-state index in [4.69, 9.17) is 15.0 Å². The highest BCUT2D eigenvalue weighted by atomic mass is 16.3. The molecule has 0 bridgehead atoms. The molecule has 0 aliphatic heterocycles. The minimum Gasteiger partial charge on any atom is -0.507 e. The summed E-state index contributed by atoms with van der Waals surface area (Å²) in [6, 6.07) is 21.0. The molecule has 0 radical (unpaired) electrons. The molecule has 0 saturated heterocycles. The predicted molar refractivity (Wildman–Crippen MR) is 136 cm³/mol. The molecule has 0 unspecified atom stereocenters. The van der Waals surface area contributed by atoms with Gasteiger partial charge in [0.25, 0.3) is 0 Å². The number of hydrogen-bond donors (Lipinski definition) is 2. The lowest BCUT2D eigenvalue weighted by Gasteiger charge is -2.14. The van der Waals surface area contributed by atoms with Gasteiger partial charge in [0.15, 0.2) is 17.5 Å². The Labute approximate surface area is 198 Å². The van der Waals surface area contributed by atoms with Crippen molar-refractivity contribution >= 4 is 10.8 Å². The fourth-order valence-corrected chi connectivity index (χ4v) is 4.43. The highest BCUT2D eigenvalue weighted by molar-refractivity contribution is 6.01. The number of phenols is 2. The highest BCUT2D eigenvalue weighted by Crippen LogP contribution is 2.40. The number of aromatic hydroxyl groups is 2. The molecule has 4 aromatic carbocycles. The van der Waals surface area contributed by atoms with Gasteiger partial charge in [0, 0.05) is 28.0 Å². The van der Waals surface area contributed by atoms with E-state index in [9.17, 15) is 10.2 Å². The summed E-state index contributed by atoms with van der Waals surface area (Å²) in [6.07, 6.45) is 0. The number of hydrogen-bond acceptors (Lipinski definition) is 5. The summed E-state index contributed by atoms with van der Waals surface area (Å²) in [5, 5.41) is 22.6. The van der Waals surface area contributed by atoms with Gasteiger partial charge in [0.1, 0.15) is 11.5 Å². The van der Waals surface area contributed by atoms with Crippen LogP contribution in [0.1, 0.15) is 22.3 Å². The van der Waals surface area contributed by atoms with Crippen LogP contribution in [0.15, 0.2) is 66.7 Å². The van der Waals surface area contributed by atoms with Gasteiger partial charge >= 0.3 is 0 Å². The van der Waals surface area contributed by atoms with Crippen LogP contribution in [0.4, 0.5) is 0 Å². The second-order valence-electron chi connectivity index (χ2n) is 8.78. The van der Waals surface area contributed by atoms with E-state index in [1.54, 1.807) is 0 Å². The number of benzene rings is 4. The largest absolute Gasteiger partial charge is 0.507 e. The van der Waals surface area contributed by atoms with Gasteiger partial charge in [-0.05, 0) is 38.8 Å². The van der Waals surface area contributed by atoms with Crippen molar-refractivity contribution in [1.82, 2.24) is 15.0 Å². The normalized spacial score (nSPS) is 11.2. The maximum Gasteiger partial charge on any atom is 0.168 e. The first kappa shape index (κ1) is 21.6. The summed E-state index contributed by atoms with van der Waals surface area (Å²) in [5.41, 5.74) is 6.71. The maximum absolute atomic E-state index is 10.9. The lowest BCUT2D eigenvalue weighted by Crippen LogP contribution is -2.02. The molecule has 0 spiro atoms. The van der Waals surface area contributed by atoms with E-state index in [1.165, 1.54) is 6.07 Å². The fourth-order valence-electron chi connectivity index (χ4n) is 4.43. The second-order valence-corrected chi connectivity index (χ2v) is 8.78. The summed E-state index contributed by atoms with van der Waals surface area (Å²) in [7, 11) is 0. The van der Waals surface area contributed by atoms with E-state index < -0.39 is 0 Å². The van der Waals surface area contributed by atoms with Crippen LogP contribution in [0.5, 0.6) is 11.5 Å². The molecule has 1 heterocycles. The lowest BCUT2D eigenvalue weighted by atomic mass is 10.0. The smallest absolute Gasteiger partial charge is 0.168 e. The van der Waals surface area contributed by atoms with Crippen LogP contribution in [0, 0.1) is 27.7 Å². The number of nitrogens with zero attached hydrogens (tertiary/aromatic N) is 3. The summed E-state index contributed by atoms with van der Waals surface area (Å²) >= 11 is 0. The fraction of sp³-hybridized carbons (Fsp3) is 0.138. The Bertz CT molecular complexity index is 1500. The number of aromatic nitrogens is 3. The van der Waals surface area contributed by atoms with Crippen molar-refractivity contribution in [1.29, 1.82) is 0 Å². The second kappa shape index (κ2) is 8.27. The van der Waals surface area contributed by atoms with Crippen molar-refractivity contribution < 1.29 is 10.2 Å². The Balaban J connectivity index is 1.84. The molecule has 5 rings (SSSR count).